The summed E-state index contributed by atoms with van der Waals surface area (Å²) in [5, 5.41) is 11.5. The van der Waals surface area contributed by atoms with Crippen molar-refractivity contribution in [2.75, 3.05) is 57.4 Å². The van der Waals surface area contributed by atoms with Crippen LogP contribution in [0.2, 0.25) is 0 Å². The Morgan fingerprint density at radius 3 is 2.26 bits per heavy atom. The van der Waals surface area contributed by atoms with Gasteiger partial charge in [-0.2, -0.15) is 0 Å². The van der Waals surface area contributed by atoms with Crippen LogP contribution in [0.1, 0.15) is 30.1 Å². The molecule has 2 heterocycles. The molecule has 168 valence electrons. The number of hydrogen-bond acceptors (Lipinski definition) is 8. The summed E-state index contributed by atoms with van der Waals surface area (Å²) < 4.78 is 10.0. The van der Waals surface area contributed by atoms with Gasteiger partial charge >= 0.3 is 12.1 Å². The molecule has 0 bridgehead atoms. The van der Waals surface area contributed by atoms with Gasteiger partial charge in [0, 0.05) is 45.3 Å². The van der Waals surface area contributed by atoms with Crippen LogP contribution in [0.3, 0.4) is 0 Å². The summed E-state index contributed by atoms with van der Waals surface area (Å²) in [5.41, 5.74) is 0.349. The molecule has 2 fully saturated rings. The minimum absolute atomic E-state index is 0.0228. The average Bonchev–Trinajstić information content (AvgIpc) is 3.32. The lowest BCUT2D eigenvalue weighted by atomic mass is 10.1. The summed E-state index contributed by atoms with van der Waals surface area (Å²) in [7, 11) is 0. The number of nitro benzene ring substituents is 1. The van der Waals surface area contributed by atoms with Crippen molar-refractivity contribution in [3.05, 3.63) is 33.9 Å². The molecule has 0 atom stereocenters. The Morgan fingerprint density at radius 2 is 1.65 bits per heavy atom. The average molecular weight is 434 g/mol. The van der Waals surface area contributed by atoms with E-state index in [2.05, 4.69) is 0 Å². The zero-order chi connectivity index (χ0) is 22.4. The summed E-state index contributed by atoms with van der Waals surface area (Å²) in [5.74, 6) is -1.19. The number of hydrogen-bond donors (Lipinski definition) is 0. The van der Waals surface area contributed by atoms with Gasteiger partial charge in [-0.3, -0.25) is 14.9 Å². The van der Waals surface area contributed by atoms with E-state index in [1.54, 1.807) is 13.0 Å². The lowest BCUT2D eigenvalue weighted by molar-refractivity contribution is -0.384. The van der Waals surface area contributed by atoms with Gasteiger partial charge in [-0.25, -0.2) is 9.59 Å². The molecule has 11 heteroatoms. The number of anilines is 1. The largest absolute Gasteiger partial charge is 0.452 e. The zero-order valence-corrected chi connectivity index (χ0v) is 17.4. The van der Waals surface area contributed by atoms with Crippen LogP contribution in [0, 0.1) is 10.1 Å². The third-order valence-electron chi connectivity index (χ3n) is 5.34. The minimum atomic E-state index is -0.797. The third-order valence-corrected chi connectivity index (χ3v) is 5.34. The van der Waals surface area contributed by atoms with Gasteiger partial charge < -0.3 is 24.2 Å². The van der Waals surface area contributed by atoms with Gasteiger partial charge in [0.25, 0.3) is 11.6 Å². The van der Waals surface area contributed by atoms with E-state index < -0.39 is 23.6 Å². The van der Waals surface area contributed by atoms with Crippen LogP contribution in [0.5, 0.6) is 0 Å². The highest BCUT2D eigenvalue weighted by Gasteiger charge is 2.27. The SMILES string of the molecule is CCOC(=O)N1CCN(C(=O)COC(=O)c2ccc(N3CCCC3)c([N+](=O)[O-])c2)CC1. The number of amides is 2. The first-order valence-electron chi connectivity index (χ1n) is 10.3. The molecule has 3 rings (SSSR count). The van der Waals surface area contributed by atoms with Crippen LogP contribution in [-0.4, -0.2) is 85.2 Å². The number of nitro groups is 1. The molecule has 31 heavy (non-hydrogen) atoms. The van der Waals surface area contributed by atoms with E-state index in [4.69, 9.17) is 9.47 Å². The van der Waals surface area contributed by atoms with Crippen LogP contribution in [0.4, 0.5) is 16.2 Å². The zero-order valence-electron chi connectivity index (χ0n) is 17.4. The van der Waals surface area contributed by atoms with Crippen molar-refractivity contribution in [3.8, 4) is 0 Å². The second-order valence-corrected chi connectivity index (χ2v) is 7.30. The molecule has 0 spiro atoms. The maximum Gasteiger partial charge on any atom is 0.409 e. The normalized spacial score (nSPS) is 16.2. The molecule has 0 radical (unpaired) electrons. The fraction of sp³-hybridized carbons (Fsp3) is 0.550. The Kier molecular flexibility index (Phi) is 7.27. The molecule has 0 aliphatic carbocycles. The smallest absolute Gasteiger partial charge is 0.409 e. The molecule has 2 saturated heterocycles. The van der Waals surface area contributed by atoms with Gasteiger partial charge in [0.1, 0.15) is 5.69 Å². The van der Waals surface area contributed by atoms with Crippen molar-refractivity contribution in [3.63, 3.8) is 0 Å². The van der Waals surface area contributed by atoms with Crippen molar-refractivity contribution in [1.29, 1.82) is 0 Å². The lowest BCUT2D eigenvalue weighted by Crippen LogP contribution is -2.51. The molecule has 0 saturated carbocycles. The van der Waals surface area contributed by atoms with Gasteiger partial charge in [0.05, 0.1) is 17.1 Å². The number of rotatable bonds is 6. The summed E-state index contributed by atoms with van der Waals surface area (Å²) in [6.07, 6.45) is 1.52. The first kappa shape index (κ1) is 22.3. The molecule has 2 aliphatic heterocycles. The maximum absolute atomic E-state index is 12.4. The molecule has 11 nitrogen and oxygen atoms in total. The quantitative estimate of drug-likeness (QED) is 0.376. The Morgan fingerprint density at radius 1 is 1.00 bits per heavy atom. The first-order chi connectivity index (χ1) is 14.9. The number of ether oxygens (including phenoxy) is 2. The molecule has 0 N–H and O–H groups in total. The topological polar surface area (TPSA) is 123 Å². The fourth-order valence-electron chi connectivity index (χ4n) is 3.68. The number of nitrogens with zero attached hydrogens (tertiary/aromatic N) is 4. The van der Waals surface area contributed by atoms with E-state index in [0.29, 0.717) is 31.9 Å². The third kappa shape index (κ3) is 5.41. The van der Waals surface area contributed by atoms with Crippen LogP contribution in [-0.2, 0) is 14.3 Å². The highest BCUT2D eigenvalue weighted by molar-refractivity contribution is 5.93. The van der Waals surface area contributed by atoms with Crippen molar-refractivity contribution >= 4 is 29.3 Å². The molecular weight excluding hydrogens is 408 g/mol. The summed E-state index contributed by atoms with van der Waals surface area (Å²) in [6, 6.07) is 4.22. The van der Waals surface area contributed by atoms with E-state index in [1.807, 2.05) is 4.90 Å². The summed E-state index contributed by atoms with van der Waals surface area (Å²) >= 11 is 0. The molecule has 1 aromatic carbocycles. The van der Waals surface area contributed by atoms with Gasteiger partial charge in [0.2, 0.25) is 0 Å². The van der Waals surface area contributed by atoms with Crippen molar-refractivity contribution in [2.45, 2.75) is 19.8 Å². The number of piperazine rings is 1. The first-order valence-corrected chi connectivity index (χ1v) is 10.3. The molecule has 1 aromatic rings. The van der Waals surface area contributed by atoms with E-state index >= 15 is 0 Å². The minimum Gasteiger partial charge on any atom is -0.452 e. The Bertz CT molecular complexity index is 846. The van der Waals surface area contributed by atoms with Crippen molar-refractivity contribution in [2.24, 2.45) is 0 Å². The standard InChI is InChI=1S/C20H26N4O7/c1-2-30-20(27)23-11-9-22(10-12-23)18(25)14-31-19(26)15-5-6-16(17(13-15)24(28)29)21-7-3-4-8-21/h5-6,13H,2-4,7-12,14H2,1H3. The molecule has 2 aliphatic rings. The number of carbonyl (C=O) groups excluding carboxylic acids is 3. The second kappa shape index (κ2) is 10.1. The summed E-state index contributed by atoms with van der Waals surface area (Å²) in [6.45, 7) is 4.30. The monoisotopic (exact) mass is 434 g/mol. The van der Waals surface area contributed by atoms with E-state index in [1.165, 1.54) is 21.9 Å². The fourth-order valence-corrected chi connectivity index (χ4v) is 3.68. The van der Waals surface area contributed by atoms with Crippen LogP contribution < -0.4 is 4.90 Å². The lowest BCUT2D eigenvalue weighted by Gasteiger charge is -2.33. The van der Waals surface area contributed by atoms with Crippen molar-refractivity contribution in [1.82, 2.24) is 9.80 Å². The number of benzene rings is 1. The van der Waals surface area contributed by atoms with Crippen LogP contribution in [0.25, 0.3) is 0 Å². The van der Waals surface area contributed by atoms with Gasteiger partial charge in [-0.05, 0) is 31.9 Å². The Labute approximate surface area is 179 Å². The molecule has 0 aromatic heterocycles. The van der Waals surface area contributed by atoms with E-state index in [0.717, 1.165) is 25.9 Å². The van der Waals surface area contributed by atoms with Gasteiger partial charge in [-0.15, -0.1) is 0 Å². The predicted molar refractivity (Wildman–Crippen MR) is 110 cm³/mol. The van der Waals surface area contributed by atoms with E-state index in [-0.39, 0.29) is 23.8 Å². The molecular formula is C20H26N4O7. The second-order valence-electron chi connectivity index (χ2n) is 7.30. The van der Waals surface area contributed by atoms with Gasteiger partial charge in [0.15, 0.2) is 6.61 Å². The number of carbonyl (C=O) groups is 3. The Balaban J connectivity index is 1.54. The van der Waals surface area contributed by atoms with Crippen molar-refractivity contribution < 1.29 is 28.8 Å². The Hall–Kier alpha value is -3.37. The summed E-state index contributed by atoms with van der Waals surface area (Å²) in [4.78, 5) is 52.3. The van der Waals surface area contributed by atoms with Gasteiger partial charge in [-0.1, -0.05) is 0 Å². The van der Waals surface area contributed by atoms with Crippen LogP contribution in [0.15, 0.2) is 18.2 Å². The highest BCUT2D eigenvalue weighted by atomic mass is 16.6. The molecule has 2 amide bonds. The van der Waals surface area contributed by atoms with Crippen LogP contribution >= 0.6 is 0 Å². The van der Waals surface area contributed by atoms with E-state index in [9.17, 15) is 24.5 Å². The number of esters is 1. The maximum atomic E-state index is 12.4. The predicted octanol–water partition coefficient (Wildman–Crippen LogP) is 1.65. The molecule has 0 unspecified atom stereocenters. The highest BCUT2D eigenvalue weighted by Crippen LogP contribution is 2.31.